The second-order valence-corrected chi connectivity index (χ2v) is 10.4. The average molecular weight is 568 g/mol. The number of ether oxygens (including phenoxy) is 4. The number of aromatic nitrogens is 2. The molecule has 0 fully saturated rings. The van der Waals surface area contributed by atoms with E-state index in [9.17, 15) is 0 Å². The van der Waals surface area contributed by atoms with Gasteiger partial charge >= 0.3 is 0 Å². The van der Waals surface area contributed by atoms with Gasteiger partial charge in [-0.15, -0.1) is 10.2 Å². The summed E-state index contributed by atoms with van der Waals surface area (Å²) in [5, 5.41) is 9.32. The second-order valence-electron chi connectivity index (χ2n) is 10.4. The Hall–Kier alpha value is -4.10. The van der Waals surface area contributed by atoms with Gasteiger partial charge in [0.2, 0.25) is 5.88 Å². The fraction of sp³-hybridized carbons (Fsp3) is 0.371. The van der Waals surface area contributed by atoms with Crippen LogP contribution in [0, 0.1) is 0 Å². The van der Waals surface area contributed by atoms with Crippen LogP contribution in [0.15, 0.2) is 72.8 Å². The van der Waals surface area contributed by atoms with Gasteiger partial charge in [0.15, 0.2) is 11.5 Å². The fourth-order valence-corrected chi connectivity index (χ4v) is 5.35. The molecule has 3 aromatic carbocycles. The van der Waals surface area contributed by atoms with Gasteiger partial charge in [-0.25, -0.2) is 0 Å². The van der Waals surface area contributed by atoms with Crippen LogP contribution >= 0.6 is 0 Å². The van der Waals surface area contributed by atoms with Crippen LogP contribution in [0.25, 0.3) is 11.3 Å². The summed E-state index contributed by atoms with van der Waals surface area (Å²) in [6.45, 7) is 10.6. The van der Waals surface area contributed by atoms with Crippen molar-refractivity contribution in [2.45, 2.75) is 59.7 Å². The molecule has 1 aliphatic rings. The topological polar surface area (TPSA) is 65.9 Å². The average Bonchev–Trinajstić information content (AvgIpc) is 3.02. The molecule has 0 spiro atoms. The molecule has 1 aliphatic heterocycles. The molecule has 0 atom stereocenters. The van der Waals surface area contributed by atoms with Crippen molar-refractivity contribution in [1.29, 1.82) is 0 Å². The maximum atomic E-state index is 6.12. The summed E-state index contributed by atoms with van der Waals surface area (Å²) in [6, 6.07) is 24.9. The number of rotatable bonds is 14. The molecule has 0 saturated carbocycles. The summed E-state index contributed by atoms with van der Waals surface area (Å²) < 4.78 is 23.6. The van der Waals surface area contributed by atoms with E-state index in [0.29, 0.717) is 45.4 Å². The first-order valence-corrected chi connectivity index (χ1v) is 15.1. The summed E-state index contributed by atoms with van der Waals surface area (Å²) in [6.07, 6.45) is 3.05. The van der Waals surface area contributed by atoms with E-state index < -0.39 is 0 Å². The number of fused-ring (bicyclic) bond motifs is 1. The third-order valence-corrected chi connectivity index (χ3v) is 7.27. The monoisotopic (exact) mass is 567 g/mol. The molecular weight excluding hydrogens is 526 g/mol. The van der Waals surface area contributed by atoms with E-state index in [0.717, 1.165) is 65.4 Å². The summed E-state index contributed by atoms with van der Waals surface area (Å²) in [7, 11) is 0. The number of nitrogens with zero attached hydrogens (tertiary/aromatic N) is 3. The number of hydrogen-bond donors (Lipinski definition) is 0. The molecule has 0 bridgehead atoms. The zero-order valence-corrected chi connectivity index (χ0v) is 25.0. The lowest BCUT2D eigenvalue weighted by atomic mass is 9.96. The lowest BCUT2D eigenvalue weighted by Crippen LogP contribution is -2.25. The molecule has 0 amide bonds. The molecule has 2 heterocycles. The van der Waals surface area contributed by atoms with Gasteiger partial charge < -0.3 is 18.9 Å². The molecule has 0 unspecified atom stereocenters. The first kappa shape index (κ1) is 29.4. The lowest BCUT2D eigenvalue weighted by Gasteiger charge is -2.27. The smallest absolute Gasteiger partial charge is 0.238 e. The number of unbranched alkanes of at least 4 members (excludes halogenated alkanes) is 1. The normalized spacial score (nSPS) is 12.4. The highest BCUT2D eigenvalue weighted by molar-refractivity contribution is 5.65. The first-order valence-electron chi connectivity index (χ1n) is 15.1. The van der Waals surface area contributed by atoms with Crippen LogP contribution < -0.4 is 18.9 Å². The number of benzene rings is 3. The van der Waals surface area contributed by atoms with Crippen molar-refractivity contribution < 1.29 is 18.9 Å². The van der Waals surface area contributed by atoms with Gasteiger partial charge in [-0.3, -0.25) is 4.90 Å². The Morgan fingerprint density at radius 3 is 2.24 bits per heavy atom. The predicted molar refractivity (Wildman–Crippen MR) is 165 cm³/mol. The Morgan fingerprint density at radius 2 is 1.48 bits per heavy atom. The predicted octanol–water partition coefficient (Wildman–Crippen LogP) is 7.26. The molecule has 7 nitrogen and oxygen atoms in total. The Morgan fingerprint density at radius 1 is 0.714 bits per heavy atom. The van der Waals surface area contributed by atoms with Crippen LogP contribution in [-0.2, 0) is 26.1 Å². The van der Waals surface area contributed by atoms with E-state index in [2.05, 4.69) is 71.5 Å². The summed E-state index contributed by atoms with van der Waals surface area (Å²) in [5.41, 5.74) is 6.63. The van der Waals surface area contributed by atoms with E-state index >= 15 is 0 Å². The van der Waals surface area contributed by atoms with E-state index in [1.54, 1.807) is 0 Å². The van der Waals surface area contributed by atoms with Gasteiger partial charge in [-0.2, -0.15) is 0 Å². The lowest BCUT2D eigenvalue weighted by molar-refractivity contribution is 0.170. The minimum Gasteiger partial charge on any atom is -0.494 e. The van der Waals surface area contributed by atoms with Crippen molar-refractivity contribution in [2.75, 3.05) is 26.4 Å². The van der Waals surface area contributed by atoms with Crippen molar-refractivity contribution in [3.63, 3.8) is 0 Å². The van der Waals surface area contributed by atoms with E-state index in [4.69, 9.17) is 24.0 Å². The fourth-order valence-electron chi connectivity index (χ4n) is 5.35. The second kappa shape index (κ2) is 14.7. The highest BCUT2D eigenvalue weighted by Gasteiger charge is 2.22. The minimum absolute atomic E-state index is 0.526. The van der Waals surface area contributed by atoms with Crippen LogP contribution in [0.1, 0.15) is 55.9 Å². The highest BCUT2D eigenvalue weighted by Crippen LogP contribution is 2.34. The van der Waals surface area contributed by atoms with Crippen molar-refractivity contribution in [3.05, 3.63) is 95.1 Å². The van der Waals surface area contributed by atoms with Crippen molar-refractivity contribution >= 4 is 0 Å². The van der Waals surface area contributed by atoms with Gasteiger partial charge in [0, 0.05) is 30.8 Å². The molecule has 1 aromatic heterocycles. The molecular formula is C35H41N3O4. The van der Waals surface area contributed by atoms with Crippen molar-refractivity contribution in [2.24, 2.45) is 0 Å². The van der Waals surface area contributed by atoms with E-state index in [1.807, 2.05) is 32.0 Å². The molecule has 0 saturated heterocycles. The SMILES string of the molecule is CCCCc1c(-c2ccccc2)nnc(OCC)c1CN(Cc1cccc(OCC)c1)Cc1ccc2c(c1)OCCO2. The Bertz CT molecular complexity index is 1440. The van der Waals surface area contributed by atoms with Crippen LogP contribution in [0.2, 0.25) is 0 Å². The highest BCUT2D eigenvalue weighted by atomic mass is 16.6. The van der Waals surface area contributed by atoms with Gasteiger partial charge in [0.25, 0.3) is 0 Å². The molecule has 0 aliphatic carbocycles. The van der Waals surface area contributed by atoms with Gasteiger partial charge in [-0.05, 0) is 67.6 Å². The van der Waals surface area contributed by atoms with Crippen LogP contribution in [0.4, 0.5) is 0 Å². The van der Waals surface area contributed by atoms with Gasteiger partial charge in [0.1, 0.15) is 19.0 Å². The maximum absolute atomic E-state index is 6.12. The van der Waals surface area contributed by atoms with Gasteiger partial charge in [0.05, 0.1) is 18.9 Å². The van der Waals surface area contributed by atoms with Crippen molar-refractivity contribution in [3.8, 4) is 34.4 Å². The van der Waals surface area contributed by atoms with Crippen LogP contribution in [0.5, 0.6) is 23.1 Å². The third-order valence-electron chi connectivity index (χ3n) is 7.27. The van der Waals surface area contributed by atoms with Crippen LogP contribution in [-0.4, -0.2) is 41.5 Å². The summed E-state index contributed by atoms with van der Waals surface area (Å²) in [4.78, 5) is 2.43. The Labute approximate surface area is 249 Å². The largest absolute Gasteiger partial charge is 0.494 e. The number of hydrogen-bond acceptors (Lipinski definition) is 7. The molecule has 7 heteroatoms. The molecule has 42 heavy (non-hydrogen) atoms. The summed E-state index contributed by atoms with van der Waals surface area (Å²) >= 11 is 0. The summed E-state index contributed by atoms with van der Waals surface area (Å²) in [5.74, 6) is 3.09. The quantitative estimate of drug-likeness (QED) is 0.159. The maximum Gasteiger partial charge on any atom is 0.238 e. The standard InChI is InChI=1S/C35H41N3O4/c1-4-7-16-30-31(35(40-6-3)37-36-34(30)28-13-9-8-10-14-28)25-38(23-26-12-11-15-29(21-26)39-5-2)24-27-17-18-32-33(22-27)42-20-19-41-32/h8-15,17-18,21-22H,4-7,16,19-20,23-25H2,1-3H3. The minimum atomic E-state index is 0.526. The molecule has 0 radical (unpaired) electrons. The van der Waals surface area contributed by atoms with Crippen LogP contribution in [0.3, 0.4) is 0 Å². The Kier molecular flexibility index (Phi) is 10.3. The first-order chi connectivity index (χ1) is 20.7. The zero-order valence-electron chi connectivity index (χ0n) is 25.0. The molecule has 220 valence electrons. The van der Waals surface area contributed by atoms with Crippen molar-refractivity contribution in [1.82, 2.24) is 15.1 Å². The molecule has 0 N–H and O–H groups in total. The Balaban J connectivity index is 1.55. The molecule has 5 rings (SSSR count). The zero-order chi connectivity index (χ0) is 29.1. The molecule has 4 aromatic rings. The van der Waals surface area contributed by atoms with E-state index in [1.165, 1.54) is 11.1 Å². The van der Waals surface area contributed by atoms with Gasteiger partial charge in [-0.1, -0.05) is 61.9 Å². The van der Waals surface area contributed by atoms with E-state index in [-0.39, 0.29) is 0 Å². The third kappa shape index (κ3) is 7.39.